The summed E-state index contributed by atoms with van der Waals surface area (Å²) < 4.78 is 0. The molecule has 0 amide bonds. The molecule has 0 saturated heterocycles. The fourth-order valence-corrected chi connectivity index (χ4v) is 1.07. The summed E-state index contributed by atoms with van der Waals surface area (Å²) in [7, 11) is 0. The zero-order valence-corrected chi connectivity index (χ0v) is 7.51. The number of thiol groups is 1. The van der Waals surface area contributed by atoms with Gasteiger partial charge < -0.3 is 10.1 Å². The number of aliphatic carboxylic acids is 1. The average molecular weight is 186 g/mol. The predicted octanol–water partition coefficient (Wildman–Crippen LogP) is 0.962. The molecule has 1 rings (SSSR count). The van der Waals surface area contributed by atoms with Crippen LogP contribution in [-0.4, -0.2) is 21.0 Å². The van der Waals surface area contributed by atoms with E-state index >= 15 is 0 Å². The first kappa shape index (κ1) is 9.12. The standard InChI is InChI=1S/C7H10N2O2S/c1-4(7(10)11)2-5-6(12)9-3-8-5/h3-4,12H,2H2,1H3,(H,8,9)(H,10,11). The number of nitrogens with one attached hydrogen (secondary N) is 1. The number of hydrogen-bond acceptors (Lipinski definition) is 3. The van der Waals surface area contributed by atoms with Gasteiger partial charge in [-0.2, -0.15) is 0 Å². The molecule has 66 valence electrons. The van der Waals surface area contributed by atoms with Gasteiger partial charge in [0.15, 0.2) is 0 Å². The number of nitrogens with zero attached hydrogens (tertiary/aromatic N) is 1. The molecule has 0 spiro atoms. The Kier molecular flexibility index (Phi) is 2.75. The number of imidazole rings is 1. The molecule has 0 fully saturated rings. The number of hydrogen-bond donors (Lipinski definition) is 3. The Bertz CT molecular complexity index is 285. The van der Waals surface area contributed by atoms with E-state index in [1.54, 1.807) is 6.92 Å². The minimum absolute atomic E-state index is 0.406. The van der Waals surface area contributed by atoms with Crippen LogP contribution in [0, 0.1) is 5.92 Å². The number of carbonyl (C=O) groups is 1. The number of aromatic amines is 1. The topological polar surface area (TPSA) is 66.0 Å². The van der Waals surface area contributed by atoms with E-state index in [2.05, 4.69) is 22.6 Å². The molecular formula is C7H10N2O2S. The smallest absolute Gasteiger partial charge is 0.306 e. The molecule has 1 atom stereocenters. The van der Waals surface area contributed by atoms with Crippen molar-refractivity contribution in [1.82, 2.24) is 9.97 Å². The van der Waals surface area contributed by atoms with Crippen molar-refractivity contribution in [2.75, 3.05) is 0 Å². The van der Waals surface area contributed by atoms with Crippen molar-refractivity contribution < 1.29 is 9.90 Å². The molecule has 0 radical (unpaired) electrons. The summed E-state index contributed by atoms with van der Waals surface area (Å²) in [5, 5.41) is 9.18. The molecule has 0 bridgehead atoms. The molecule has 0 aliphatic rings. The third-order valence-electron chi connectivity index (χ3n) is 1.63. The Balaban J connectivity index is 2.64. The fourth-order valence-electron chi connectivity index (χ4n) is 0.858. The second-order valence-electron chi connectivity index (χ2n) is 2.65. The van der Waals surface area contributed by atoms with Crippen LogP contribution in [0.15, 0.2) is 11.4 Å². The highest BCUT2D eigenvalue weighted by molar-refractivity contribution is 7.80. The normalized spacial score (nSPS) is 12.8. The molecular weight excluding hydrogens is 176 g/mol. The van der Waals surface area contributed by atoms with Gasteiger partial charge in [0, 0.05) is 12.1 Å². The van der Waals surface area contributed by atoms with Crippen LogP contribution in [0.4, 0.5) is 0 Å². The Morgan fingerprint density at radius 1 is 1.92 bits per heavy atom. The van der Waals surface area contributed by atoms with Crippen LogP contribution in [0.25, 0.3) is 0 Å². The monoisotopic (exact) mass is 186 g/mol. The van der Waals surface area contributed by atoms with Crippen LogP contribution in [0.1, 0.15) is 12.6 Å². The van der Waals surface area contributed by atoms with E-state index in [1.807, 2.05) is 0 Å². The first-order valence-corrected chi connectivity index (χ1v) is 4.00. The first-order chi connectivity index (χ1) is 5.61. The first-order valence-electron chi connectivity index (χ1n) is 3.55. The van der Waals surface area contributed by atoms with Crippen LogP contribution in [0.3, 0.4) is 0 Å². The number of carboxylic acids is 1. The number of carboxylic acid groups (broad SMARTS) is 1. The quantitative estimate of drug-likeness (QED) is 0.616. The Morgan fingerprint density at radius 3 is 3.00 bits per heavy atom. The van der Waals surface area contributed by atoms with E-state index in [9.17, 15) is 4.79 Å². The zero-order chi connectivity index (χ0) is 9.14. The fraction of sp³-hybridized carbons (Fsp3) is 0.429. The van der Waals surface area contributed by atoms with Crippen LogP contribution < -0.4 is 0 Å². The van der Waals surface area contributed by atoms with Crippen LogP contribution >= 0.6 is 12.6 Å². The van der Waals surface area contributed by atoms with Gasteiger partial charge in [-0.05, 0) is 0 Å². The summed E-state index contributed by atoms with van der Waals surface area (Å²) >= 11 is 4.06. The highest BCUT2D eigenvalue weighted by Crippen LogP contribution is 2.12. The van der Waals surface area contributed by atoms with Crippen molar-refractivity contribution in [3.63, 3.8) is 0 Å². The highest BCUT2D eigenvalue weighted by Gasteiger charge is 2.13. The lowest BCUT2D eigenvalue weighted by molar-refractivity contribution is -0.141. The SMILES string of the molecule is CC(Cc1[nH]cnc1S)C(=O)O. The summed E-state index contributed by atoms with van der Waals surface area (Å²) in [5.74, 6) is -1.21. The Labute approximate surface area is 75.4 Å². The molecule has 1 aromatic heterocycles. The van der Waals surface area contributed by atoms with Crippen LogP contribution in [0.2, 0.25) is 0 Å². The highest BCUT2D eigenvalue weighted by atomic mass is 32.1. The van der Waals surface area contributed by atoms with Crippen molar-refractivity contribution in [2.24, 2.45) is 5.92 Å². The van der Waals surface area contributed by atoms with E-state index < -0.39 is 11.9 Å². The van der Waals surface area contributed by atoms with Gasteiger partial charge in [0.05, 0.1) is 12.2 Å². The predicted molar refractivity (Wildman–Crippen MR) is 46.3 cm³/mol. The third kappa shape index (κ3) is 2.01. The summed E-state index contributed by atoms with van der Waals surface area (Å²) in [6.07, 6.45) is 1.94. The molecule has 0 aliphatic carbocycles. The number of rotatable bonds is 3. The molecule has 0 saturated carbocycles. The van der Waals surface area contributed by atoms with Crippen molar-refractivity contribution in [2.45, 2.75) is 18.4 Å². The van der Waals surface area contributed by atoms with Gasteiger partial charge in [-0.25, -0.2) is 4.98 Å². The van der Waals surface area contributed by atoms with Gasteiger partial charge in [-0.15, -0.1) is 12.6 Å². The van der Waals surface area contributed by atoms with Crippen LogP contribution in [0.5, 0.6) is 0 Å². The summed E-state index contributed by atoms with van der Waals surface area (Å²) in [6.45, 7) is 1.65. The lowest BCUT2D eigenvalue weighted by atomic mass is 10.1. The second kappa shape index (κ2) is 3.62. The maximum atomic E-state index is 10.5. The van der Waals surface area contributed by atoms with Gasteiger partial charge in [-0.1, -0.05) is 6.92 Å². The number of aromatic nitrogens is 2. The maximum absolute atomic E-state index is 10.5. The molecule has 12 heavy (non-hydrogen) atoms. The largest absolute Gasteiger partial charge is 0.481 e. The molecule has 0 aliphatic heterocycles. The Morgan fingerprint density at radius 2 is 2.58 bits per heavy atom. The maximum Gasteiger partial charge on any atom is 0.306 e. The molecule has 0 aromatic carbocycles. The van der Waals surface area contributed by atoms with E-state index in [0.717, 1.165) is 5.69 Å². The Hall–Kier alpha value is -0.970. The zero-order valence-electron chi connectivity index (χ0n) is 6.61. The van der Waals surface area contributed by atoms with Gasteiger partial charge >= 0.3 is 5.97 Å². The summed E-state index contributed by atoms with van der Waals surface area (Å²) in [6, 6.07) is 0. The van der Waals surface area contributed by atoms with Crippen molar-refractivity contribution in [3.05, 3.63) is 12.0 Å². The third-order valence-corrected chi connectivity index (χ3v) is 2.01. The summed E-state index contributed by atoms with van der Waals surface area (Å²) in [4.78, 5) is 17.2. The van der Waals surface area contributed by atoms with Gasteiger partial charge in [0.1, 0.15) is 5.03 Å². The lowest BCUT2D eigenvalue weighted by Gasteiger charge is -2.03. The van der Waals surface area contributed by atoms with Crippen LogP contribution in [-0.2, 0) is 11.2 Å². The van der Waals surface area contributed by atoms with Crippen molar-refractivity contribution >= 4 is 18.6 Å². The van der Waals surface area contributed by atoms with Gasteiger partial charge in [-0.3, -0.25) is 4.79 Å². The van der Waals surface area contributed by atoms with E-state index in [1.165, 1.54) is 6.33 Å². The molecule has 1 aromatic rings. The van der Waals surface area contributed by atoms with E-state index in [-0.39, 0.29) is 0 Å². The average Bonchev–Trinajstić information content (AvgIpc) is 2.36. The minimum atomic E-state index is -0.808. The van der Waals surface area contributed by atoms with E-state index in [0.29, 0.717) is 11.4 Å². The second-order valence-corrected chi connectivity index (χ2v) is 3.07. The molecule has 5 heteroatoms. The molecule has 2 N–H and O–H groups in total. The minimum Gasteiger partial charge on any atom is -0.481 e. The van der Waals surface area contributed by atoms with Crippen molar-refractivity contribution in [3.8, 4) is 0 Å². The number of H-pyrrole nitrogens is 1. The van der Waals surface area contributed by atoms with Gasteiger partial charge in [0.2, 0.25) is 0 Å². The van der Waals surface area contributed by atoms with Crippen molar-refractivity contribution in [1.29, 1.82) is 0 Å². The van der Waals surface area contributed by atoms with E-state index in [4.69, 9.17) is 5.11 Å². The summed E-state index contributed by atoms with van der Waals surface area (Å²) in [5.41, 5.74) is 0.772. The molecule has 1 heterocycles. The molecule has 4 nitrogen and oxygen atoms in total. The molecule has 1 unspecified atom stereocenters. The van der Waals surface area contributed by atoms with Gasteiger partial charge in [0.25, 0.3) is 0 Å². The lowest BCUT2D eigenvalue weighted by Crippen LogP contribution is -2.12.